The van der Waals surface area contributed by atoms with Crippen LogP contribution in [0.4, 0.5) is 4.79 Å². The molecule has 0 saturated carbocycles. The molecule has 0 bridgehead atoms. The number of benzene rings is 2. The number of halogens is 1. The van der Waals surface area contributed by atoms with Gasteiger partial charge >= 0.3 is 0 Å². The highest BCUT2D eigenvalue weighted by Crippen LogP contribution is 2.37. The van der Waals surface area contributed by atoms with E-state index in [0.717, 1.165) is 32.2 Å². The zero-order chi connectivity index (χ0) is 21.7. The van der Waals surface area contributed by atoms with Crippen molar-refractivity contribution in [2.75, 3.05) is 13.7 Å². The second kappa shape index (κ2) is 10.00. The van der Waals surface area contributed by atoms with Crippen molar-refractivity contribution in [3.05, 3.63) is 61.6 Å². The average molecular weight is 534 g/mol. The molecule has 0 unspecified atom stereocenters. The van der Waals surface area contributed by atoms with Crippen LogP contribution in [0.15, 0.2) is 41.3 Å². The van der Waals surface area contributed by atoms with Gasteiger partial charge < -0.3 is 9.47 Å². The molecule has 3 rings (SSSR count). The minimum absolute atomic E-state index is 0.0659. The van der Waals surface area contributed by atoms with E-state index in [4.69, 9.17) is 9.47 Å². The number of hydrogen-bond acceptors (Lipinski definition) is 6. The van der Waals surface area contributed by atoms with Gasteiger partial charge in [0.1, 0.15) is 0 Å². The van der Waals surface area contributed by atoms with Crippen molar-refractivity contribution in [1.82, 2.24) is 4.90 Å². The molecule has 1 fully saturated rings. The molecule has 0 N–H and O–H groups in total. The van der Waals surface area contributed by atoms with Crippen molar-refractivity contribution in [3.63, 3.8) is 0 Å². The number of imide groups is 1. The smallest absolute Gasteiger partial charge is 0.293 e. The number of hydrogen-bond donors (Lipinski definition) is 0. The fourth-order valence-electron chi connectivity index (χ4n) is 2.89. The first-order chi connectivity index (χ1) is 14.5. The SMILES string of the molecule is CCCOc1c(I)cc(/C=C2\SC(=O)N(Cc3ccccc3C#N)C2=O)cc1OC. The highest BCUT2D eigenvalue weighted by molar-refractivity contribution is 14.1. The lowest BCUT2D eigenvalue weighted by molar-refractivity contribution is -0.123. The number of amides is 2. The summed E-state index contributed by atoms with van der Waals surface area (Å²) in [5.41, 5.74) is 1.82. The normalized spacial score (nSPS) is 14.9. The summed E-state index contributed by atoms with van der Waals surface area (Å²) in [5.74, 6) is 0.861. The van der Waals surface area contributed by atoms with Crippen LogP contribution in [0.1, 0.15) is 30.0 Å². The lowest BCUT2D eigenvalue weighted by Gasteiger charge is -2.14. The lowest BCUT2D eigenvalue weighted by atomic mass is 10.1. The van der Waals surface area contributed by atoms with Gasteiger partial charge in [-0.15, -0.1) is 0 Å². The Morgan fingerprint density at radius 3 is 2.73 bits per heavy atom. The summed E-state index contributed by atoms with van der Waals surface area (Å²) in [6.45, 7) is 2.67. The van der Waals surface area contributed by atoms with Gasteiger partial charge in [0.2, 0.25) is 0 Å². The number of nitrogens with zero attached hydrogens (tertiary/aromatic N) is 2. The molecule has 30 heavy (non-hydrogen) atoms. The molecule has 6 nitrogen and oxygen atoms in total. The zero-order valence-electron chi connectivity index (χ0n) is 16.5. The Morgan fingerprint density at radius 2 is 2.03 bits per heavy atom. The van der Waals surface area contributed by atoms with Crippen LogP contribution in [-0.2, 0) is 11.3 Å². The third kappa shape index (κ3) is 4.79. The summed E-state index contributed by atoms with van der Waals surface area (Å²) >= 11 is 3.05. The zero-order valence-corrected chi connectivity index (χ0v) is 19.5. The lowest BCUT2D eigenvalue weighted by Crippen LogP contribution is -2.27. The molecule has 2 aromatic carbocycles. The van der Waals surface area contributed by atoms with E-state index in [-0.39, 0.29) is 17.7 Å². The van der Waals surface area contributed by atoms with Gasteiger partial charge in [-0.05, 0) is 76.2 Å². The summed E-state index contributed by atoms with van der Waals surface area (Å²) in [6, 6.07) is 12.7. The molecular weight excluding hydrogens is 515 g/mol. The summed E-state index contributed by atoms with van der Waals surface area (Å²) in [5, 5.41) is 8.89. The maximum absolute atomic E-state index is 12.8. The van der Waals surface area contributed by atoms with E-state index in [9.17, 15) is 14.9 Å². The molecule has 0 atom stereocenters. The molecule has 1 aliphatic heterocycles. The van der Waals surface area contributed by atoms with Crippen molar-refractivity contribution in [3.8, 4) is 17.6 Å². The summed E-state index contributed by atoms with van der Waals surface area (Å²) < 4.78 is 12.1. The maximum Gasteiger partial charge on any atom is 0.293 e. The van der Waals surface area contributed by atoms with E-state index in [0.29, 0.717) is 34.1 Å². The van der Waals surface area contributed by atoms with Gasteiger partial charge in [0.15, 0.2) is 11.5 Å². The molecule has 1 saturated heterocycles. The van der Waals surface area contributed by atoms with Crippen LogP contribution in [0, 0.1) is 14.9 Å². The Kier molecular flexibility index (Phi) is 7.39. The van der Waals surface area contributed by atoms with Gasteiger partial charge in [0, 0.05) is 0 Å². The Morgan fingerprint density at radius 1 is 1.27 bits per heavy atom. The largest absolute Gasteiger partial charge is 0.493 e. The minimum atomic E-state index is -0.377. The molecule has 0 spiro atoms. The molecule has 0 radical (unpaired) electrons. The van der Waals surface area contributed by atoms with Gasteiger partial charge in [-0.25, -0.2) is 0 Å². The fraction of sp³-hybridized carbons (Fsp3) is 0.227. The average Bonchev–Trinajstić information content (AvgIpc) is 3.00. The third-order valence-electron chi connectivity index (χ3n) is 4.34. The number of ether oxygens (including phenoxy) is 2. The fourth-order valence-corrected chi connectivity index (χ4v) is 4.51. The number of thioether (sulfide) groups is 1. The van der Waals surface area contributed by atoms with Gasteiger partial charge in [0.05, 0.1) is 40.4 Å². The highest BCUT2D eigenvalue weighted by Gasteiger charge is 2.35. The summed E-state index contributed by atoms with van der Waals surface area (Å²) in [4.78, 5) is 26.8. The van der Waals surface area contributed by atoms with Crippen LogP contribution < -0.4 is 9.47 Å². The first-order valence-corrected chi connectivity index (χ1v) is 11.1. The first-order valence-electron chi connectivity index (χ1n) is 9.22. The predicted molar refractivity (Wildman–Crippen MR) is 124 cm³/mol. The number of carbonyl (C=O) groups excluding carboxylic acids is 2. The second-order valence-electron chi connectivity index (χ2n) is 6.42. The van der Waals surface area contributed by atoms with Crippen LogP contribution in [0.3, 0.4) is 0 Å². The standard InChI is InChI=1S/C22H19IN2O4S/c1-3-8-29-20-17(23)9-14(10-18(20)28-2)11-19-21(26)25(22(27)30-19)13-16-7-5-4-6-15(16)12-24/h4-7,9-11H,3,8,13H2,1-2H3/b19-11-. The van der Waals surface area contributed by atoms with Gasteiger partial charge in [-0.3, -0.25) is 14.5 Å². The molecule has 2 amide bonds. The number of rotatable bonds is 7. The molecular formula is C22H19IN2O4S. The minimum Gasteiger partial charge on any atom is -0.493 e. The van der Waals surface area contributed by atoms with Gasteiger partial charge in [-0.2, -0.15) is 5.26 Å². The van der Waals surface area contributed by atoms with Crippen LogP contribution in [0.5, 0.6) is 11.5 Å². The Labute approximate surface area is 193 Å². The van der Waals surface area contributed by atoms with Crippen LogP contribution >= 0.6 is 34.4 Å². The van der Waals surface area contributed by atoms with Crippen LogP contribution in [0.2, 0.25) is 0 Å². The first kappa shape index (κ1) is 22.2. The van der Waals surface area contributed by atoms with Crippen molar-refractivity contribution >= 4 is 51.6 Å². The van der Waals surface area contributed by atoms with Crippen molar-refractivity contribution in [2.45, 2.75) is 19.9 Å². The number of methoxy groups -OCH3 is 1. The topological polar surface area (TPSA) is 79.6 Å². The monoisotopic (exact) mass is 534 g/mol. The van der Waals surface area contributed by atoms with Crippen LogP contribution in [-0.4, -0.2) is 29.8 Å². The molecule has 1 aliphatic rings. The molecule has 2 aromatic rings. The summed E-state index contributed by atoms with van der Waals surface area (Å²) in [7, 11) is 1.56. The Hall–Kier alpha value is -2.51. The Bertz CT molecular complexity index is 1060. The molecule has 154 valence electrons. The van der Waals surface area contributed by atoms with Crippen LogP contribution in [0.25, 0.3) is 6.08 Å². The van der Waals surface area contributed by atoms with E-state index < -0.39 is 0 Å². The van der Waals surface area contributed by atoms with Crippen molar-refractivity contribution < 1.29 is 19.1 Å². The van der Waals surface area contributed by atoms with Gasteiger partial charge in [-0.1, -0.05) is 25.1 Å². The molecule has 0 aromatic heterocycles. The van der Waals surface area contributed by atoms with E-state index in [2.05, 4.69) is 28.7 Å². The van der Waals surface area contributed by atoms with Crippen molar-refractivity contribution in [2.24, 2.45) is 0 Å². The second-order valence-corrected chi connectivity index (χ2v) is 8.57. The molecule has 1 heterocycles. The highest BCUT2D eigenvalue weighted by atomic mass is 127. The molecule has 8 heteroatoms. The van der Waals surface area contributed by atoms with E-state index >= 15 is 0 Å². The molecule has 0 aliphatic carbocycles. The number of carbonyl (C=O) groups is 2. The maximum atomic E-state index is 12.8. The third-order valence-corrected chi connectivity index (χ3v) is 6.05. The predicted octanol–water partition coefficient (Wildman–Crippen LogP) is 5.20. The van der Waals surface area contributed by atoms with E-state index in [1.54, 1.807) is 43.5 Å². The van der Waals surface area contributed by atoms with Gasteiger partial charge in [0.25, 0.3) is 11.1 Å². The quantitative estimate of drug-likeness (QED) is 0.359. The Balaban J connectivity index is 1.86. The van der Waals surface area contributed by atoms with E-state index in [1.165, 1.54) is 0 Å². The van der Waals surface area contributed by atoms with E-state index in [1.807, 2.05) is 13.0 Å². The van der Waals surface area contributed by atoms with Crippen molar-refractivity contribution in [1.29, 1.82) is 5.26 Å². The summed E-state index contributed by atoms with van der Waals surface area (Å²) in [6.07, 6.45) is 2.55. The number of nitriles is 1.